The van der Waals surface area contributed by atoms with Crippen LogP contribution in [0.1, 0.15) is 37.1 Å². The second-order valence-corrected chi connectivity index (χ2v) is 8.78. The van der Waals surface area contributed by atoms with Crippen molar-refractivity contribution >= 4 is 22.5 Å². The van der Waals surface area contributed by atoms with E-state index in [1.54, 1.807) is 12.1 Å². The lowest BCUT2D eigenvalue weighted by atomic mass is 10.0. The molecule has 0 aliphatic heterocycles. The van der Waals surface area contributed by atoms with Crippen molar-refractivity contribution in [2.24, 2.45) is 5.73 Å². The number of ether oxygens (including phenoxy) is 2. The summed E-state index contributed by atoms with van der Waals surface area (Å²) in [6.45, 7) is 9.52. The largest absolute Gasteiger partial charge is 0.490 e. The maximum Gasteiger partial charge on any atom is 0.162 e. The maximum atomic E-state index is 9.23. The van der Waals surface area contributed by atoms with E-state index >= 15 is 0 Å². The van der Waals surface area contributed by atoms with Crippen molar-refractivity contribution in [2.75, 3.05) is 26.4 Å². The van der Waals surface area contributed by atoms with E-state index in [0.717, 1.165) is 31.5 Å². The Morgan fingerprint density at radius 1 is 1.15 bits per heavy atom. The van der Waals surface area contributed by atoms with E-state index in [1.165, 1.54) is 22.2 Å². The second-order valence-electron chi connectivity index (χ2n) is 8.34. The lowest BCUT2D eigenvalue weighted by Gasteiger charge is -2.17. The molecule has 3 aromatic rings. The number of rotatable bonds is 13. The molecule has 0 amide bonds. The van der Waals surface area contributed by atoms with Crippen molar-refractivity contribution in [3.8, 4) is 11.5 Å². The van der Waals surface area contributed by atoms with Gasteiger partial charge in [0.05, 0.1) is 12.1 Å². The Morgan fingerprint density at radius 2 is 1.97 bits per heavy atom. The number of aryl methyl sites for hydroxylation is 2. The van der Waals surface area contributed by atoms with E-state index < -0.39 is 0 Å². The van der Waals surface area contributed by atoms with E-state index in [9.17, 15) is 5.11 Å². The highest BCUT2D eigenvalue weighted by Gasteiger charge is 2.13. The summed E-state index contributed by atoms with van der Waals surface area (Å²) in [4.78, 5) is 0. The molecule has 4 N–H and O–H groups in total. The molecule has 33 heavy (non-hydrogen) atoms. The number of fused-ring (bicyclic) bond motifs is 1. The highest BCUT2D eigenvalue weighted by Crippen LogP contribution is 2.30. The predicted molar refractivity (Wildman–Crippen MR) is 136 cm³/mol. The van der Waals surface area contributed by atoms with Gasteiger partial charge in [-0.15, -0.1) is 0 Å². The summed E-state index contributed by atoms with van der Waals surface area (Å²) in [5.41, 5.74) is 10.9. The fraction of sp³-hybridized carbons (Fsp3) is 0.462. The fourth-order valence-electron chi connectivity index (χ4n) is 4.26. The first-order valence-corrected chi connectivity index (χ1v) is 12.1. The van der Waals surface area contributed by atoms with Gasteiger partial charge in [-0.2, -0.15) is 0 Å². The number of aromatic nitrogens is 1. The van der Waals surface area contributed by atoms with E-state index in [0.29, 0.717) is 36.3 Å². The fourth-order valence-corrected chi connectivity index (χ4v) is 4.42. The lowest BCUT2D eigenvalue weighted by Crippen LogP contribution is -2.31. The minimum atomic E-state index is 0.188. The first-order chi connectivity index (χ1) is 16.0. The van der Waals surface area contributed by atoms with Crippen molar-refractivity contribution in [3.05, 3.63) is 58.2 Å². The number of hydrogen-bond acceptors (Lipinski definition) is 5. The molecule has 6 nitrogen and oxygen atoms in total. The van der Waals surface area contributed by atoms with Crippen LogP contribution in [0.3, 0.4) is 0 Å². The van der Waals surface area contributed by atoms with Gasteiger partial charge in [-0.05, 0) is 69.0 Å². The van der Waals surface area contributed by atoms with Crippen LogP contribution in [0.5, 0.6) is 11.5 Å². The molecule has 0 fully saturated rings. The Hall–Kier alpha value is -2.25. The third-order valence-electron chi connectivity index (χ3n) is 5.70. The number of nitrogens with zero attached hydrogens (tertiary/aromatic N) is 1. The molecule has 1 heterocycles. The first-order valence-electron chi connectivity index (χ1n) is 11.7. The number of aliphatic hydroxyl groups excluding tert-OH is 1. The van der Waals surface area contributed by atoms with E-state index in [1.807, 2.05) is 13.0 Å². The Kier molecular flexibility index (Phi) is 9.44. The molecule has 180 valence electrons. The summed E-state index contributed by atoms with van der Waals surface area (Å²) in [7, 11) is 0. The van der Waals surface area contributed by atoms with Gasteiger partial charge in [0.25, 0.3) is 0 Å². The first kappa shape index (κ1) is 25.4. The molecular weight excluding hydrogens is 438 g/mol. The SMILES string of the molecule is CCOc1cc(Cl)ccc1OCCNC(C)Cc1cc(CN)c2c(c1)cc(C)n2CCCO. The minimum absolute atomic E-state index is 0.188. The number of nitrogens with two attached hydrogens (primary N) is 1. The van der Waals surface area contributed by atoms with Gasteiger partial charge in [0, 0.05) is 54.5 Å². The monoisotopic (exact) mass is 473 g/mol. The number of aliphatic hydroxyl groups is 1. The van der Waals surface area contributed by atoms with Gasteiger partial charge in [0.15, 0.2) is 11.5 Å². The Bertz CT molecular complexity index is 1050. The zero-order valence-electron chi connectivity index (χ0n) is 19.9. The molecule has 0 saturated carbocycles. The zero-order chi connectivity index (χ0) is 23.8. The number of benzene rings is 2. The van der Waals surface area contributed by atoms with Crippen LogP contribution >= 0.6 is 11.6 Å². The molecule has 0 radical (unpaired) electrons. The smallest absolute Gasteiger partial charge is 0.162 e. The maximum absolute atomic E-state index is 9.23. The lowest BCUT2D eigenvalue weighted by molar-refractivity contribution is 0.272. The molecule has 0 spiro atoms. The van der Waals surface area contributed by atoms with E-state index in [4.69, 9.17) is 26.8 Å². The molecule has 2 aromatic carbocycles. The highest BCUT2D eigenvalue weighted by molar-refractivity contribution is 6.30. The molecular formula is C26H36ClN3O3. The van der Waals surface area contributed by atoms with E-state index in [2.05, 4.69) is 41.9 Å². The van der Waals surface area contributed by atoms with Gasteiger partial charge >= 0.3 is 0 Å². The van der Waals surface area contributed by atoms with Gasteiger partial charge in [-0.25, -0.2) is 0 Å². The average Bonchev–Trinajstić information content (AvgIpc) is 3.10. The number of nitrogens with one attached hydrogen (secondary N) is 1. The molecule has 0 aliphatic rings. The minimum Gasteiger partial charge on any atom is -0.490 e. The third-order valence-corrected chi connectivity index (χ3v) is 5.93. The van der Waals surface area contributed by atoms with Gasteiger partial charge in [-0.1, -0.05) is 17.7 Å². The summed E-state index contributed by atoms with van der Waals surface area (Å²) in [6.07, 6.45) is 1.64. The van der Waals surface area contributed by atoms with Crippen LogP contribution in [-0.4, -0.2) is 42.1 Å². The highest BCUT2D eigenvalue weighted by atomic mass is 35.5. The predicted octanol–water partition coefficient (Wildman–Crippen LogP) is 4.44. The van der Waals surface area contributed by atoms with Crippen molar-refractivity contribution in [3.63, 3.8) is 0 Å². The molecule has 7 heteroatoms. The molecule has 0 aliphatic carbocycles. The Morgan fingerprint density at radius 3 is 2.70 bits per heavy atom. The van der Waals surface area contributed by atoms with Crippen molar-refractivity contribution in [1.82, 2.24) is 9.88 Å². The van der Waals surface area contributed by atoms with Gasteiger partial charge < -0.3 is 30.2 Å². The van der Waals surface area contributed by atoms with Crippen molar-refractivity contribution in [2.45, 2.75) is 52.7 Å². The van der Waals surface area contributed by atoms with Crippen molar-refractivity contribution in [1.29, 1.82) is 0 Å². The normalized spacial score (nSPS) is 12.3. The van der Waals surface area contributed by atoms with E-state index in [-0.39, 0.29) is 12.6 Å². The number of hydrogen-bond donors (Lipinski definition) is 3. The van der Waals surface area contributed by atoms with Gasteiger partial charge in [-0.3, -0.25) is 0 Å². The van der Waals surface area contributed by atoms with Crippen LogP contribution in [0.15, 0.2) is 36.4 Å². The molecule has 3 rings (SSSR count). The summed E-state index contributed by atoms with van der Waals surface area (Å²) in [5.74, 6) is 1.37. The summed E-state index contributed by atoms with van der Waals surface area (Å²) < 4.78 is 13.8. The van der Waals surface area contributed by atoms with Crippen LogP contribution in [0.25, 0.3) is 10.9 Å². The van der Waals surface area contributed by atoms with Crippen LogP contribution in [0.4, 0.5) is 0 Å². The molecule has 1 unspecified atom stereocenters. The molecule has 0 saturated heterocycles. The van der Waals surface area contributed by atoms with Gasteiger partial charge in [0.1, 0.15) is 6.61 Å². The zero-order valence-corrected chi connectivity index (χ0v) is 20.6. The molecule has 1 atom stereocenters. The third kappa shape index (κ3) is 6.64. The Balaban J connectivity index is 1.59. The average molecular weight is 474 g/mol. The summed E-state index contributed by atoms with van der Waals surface area (Å²) >= 11 is 6.06. The summed E-state index contributed by atoms with van der Waals surface area (Å²) in [5, 5.41) is 14.6. The van der Waals surface area contributed by atoms with Crippen LogP contribution in [-0.2, 0) is 19.5 Å². The molecule has 0 bridgehead atoms. The second kappa shape index (κ2) is 12.3. The van der Waals surface area contributed by atoms with Gasteiger partial charge in [0.2, 0.25) is 0 Å². The van der Waals surface area contributed by atoms with Crippen LogP contribution in [0.2, 0.25) is 5.02 Å². The number of halogens is 1. The molecule has 1 aromatic heterocycles. The van der Waals surface area contributed by atoms with Crippen molar-refractivity contribution < 1.29 is 14.6 Å². The topological polar surface area (TPSA) is 81.7 Å². The van der Waals surface area contributed by atoms with Crippen LogP contribution < -0.4 is 20.5 Å². The quantitative estimate of drug-likeness (QED) is 0.320. The van der Waals surface area contributed by atoms with Crippen LogP contribution in [0, 0.1) is 6.92 Å². The summed E-state index contributed by atoms with van der Waals surface area (Å²) in [6, 6.07) is 12.4. The Labute approximate surface area is 201 Å². The standard InChI is InChI=1S/C26H36ClN3O3/c1-4-32-25-16-23(27)6-7-24(25)33-11-8-29-18(2)12-20-14-21-13-19(3)30(9-5-10-31)26(21)22(15-20)17-28/h6-7,13-16,18,29,31H,4-5,8-12,17,28H2,1-3H3.